The first-order valence-electron chi connectivity index (χ1n) is 6.03. The number of hydrogen-bond acceptors (Lipinski definition) is 5. The minimum atomic E-state index is -1.40. The van der Waals surface area contributed by atoms with E-state index in [9.17, 15) is 19.8 Å². The number of carbonyl (C=O) groups excluding carboxylic acids is 2. The van der Waals surface area contributed by atoms with Crippen LogP contribution < -0.4 is 39.8 Å². The third kappa shape index (κ3) is 4.73. The first kappa shape index (κ1) is 18.0. The average molecular weight is 305 g/mol. The fraction of sp³-hybridized carbons (Fsp3) is 0. The number of para-hydroxylation sites is 1. The van der Waals surface area contributed by atoms with Gasteiger partial charge in [0.25, 0.3) is 0 Å². The molecular weight excluding hydrogens is 295 g/mol. The zero-order chi connectivity index (χ0) is 15.2. The maximum atomic E-state index is 10.3. The molecule has 106 valence electrons. The molecule has 0 aliphatic rings. The Labute approximate surface area is 148 Å². The molecule has 0 aliphatic carbocycles. The van der Waals surface area contributed by atoms with Gasteiger partial charge in [-0.15, -0.1) is 0 Å². The Hall–Kier alpha value is -2.08. The van der Waals surface area contributed by atoms with Gasteiger partial charge in [0.2, 0.25) is 0 Å². The van der Waals surface area contributed by atoms with Crippen molar-refractivity contribution in [2.45, 2.75) is 0 Å². The van der Waals surface area contributed by atoms with Gasteiger partial charge in [-0.3, -0.25) is 0 Å². The van der Waals surface area contributed by atoms with Crippen LogP contribution in [0.2, 0.25) is 0 Å². The molecule has 0 amide bonds. The number of carbonyl (C=O) groups is 2. The fourth-order valence-corrected chi connectivity index (χ4v) is 1.68. The Morgan fingerprint density at radius 1 is 0.818 bits per heavy atom. The molecular formula is C16H10NaO5-. The van der Waals surface area contributed by atoms with Crippen molar-refractivity contribution in [2.24, 2.45) is 0 Å². The van der Waals surface area contributed by atoms with Gasteiger partial charge < -0.3 is 24.2 Å². The van der Waals surface area contributed by atoms with Gasteiger partial charge in [-0.25, -0.2) is 0 Å². The van der Waals surface area contributed by atoms with E-state index in [0.717, 1.165) is 17.0 Å². The second kappa shape index (κ2) is 8.38. The van der Waals surface area contributed by atoms with Crippen molar-refractivity contribution < 1.29 is 53.8 Å². The van der Waals surface area contributed by atoms with Crippen molar-refractivity contribution in [1.82, 2.24) is 0 Å². The SMILES string of the molecule is O=C([O-])c1cccc(C(=O)[O-])c1.[Na+].c1ccc2occc2c1. The van der Waals surface area contributed by atoms with Crippen LogP contribution in [-0.4, -0.2) is 11.9 Å². The Morgan fingerprint density at radius 2 is 1.41 bits per heavy atom. The summed E-state index contributed by atoms with van der Waals surface area (Å²) in [5.74, 6) is -2.81. The number of furan rings is 1. The third-order valence-corrected chi connectivity index (χ3v) is 2.70. The van der Waals surface area contributed by atoms with Crippen LogP contribution in [0.3, 0.4) is 0 Å². The Kier molecular flexibility index (Phi) is 6.85. The van der Waals surface area contributed by atoms with Crippen LogP contribution >= 0.6 is 0 Å². The van der Waals surface area contributed by atoms with Crippen molar-refractivity contribution in [2.75, 3.05) is 0 Å². The second-order valence-corrected chi connectivity index (χ2v) is 4.11. The predicted molar refractivity (Wildman–Crippen MR) is 71.3 cm³/mol. The van der Waals surface area contributed by atoms with E-state index in [-0.39, 0.29) is 40.7 Å². The van der Waals surface area contributed by atoms with Gasteiger partial charge >= 0.3 is 29.6 Å². The molecule has 0 aliphatic heterocycles. The Morgan fingerprint density at radius 3 is 1.95 bits per heavy atom. The van der Waals surface area contributed by atoms with Gasteiger partial charge in [0.1, 0.15) is 5.58 Å². The predicted octanol–water partition coefficient (Wildman–Crippen LogP) is -2.15. The van der Waals surface area contributed by atoms with E-state index in [0.29, 0.717) is 0 Å². The van der Waals surface area contributed by atoms with Crippen LogP contribution in [0.15, 0.2) is 65.3 Å². The number of aromatic carboxylic acids is 2. The van der Waals surface area contributed by atoms with Crippen LogP contribution in [0.25, 0.3) is 11.0 Å². The number of rotatable bonds is 2. The first-order valence-corrected chi connectivity index (χ1v) is 6.03. The van der Waals surface area contributed by atoms with E-state index in [2.05, 4.69) is 0 Å². The number of fused-ring (bicyclic) bond motifs is 1. The molecule has 6 heteroatoms. The summed E-state index contributed by atoms with van der Waals surface area (Å²) >= 11 is 0. The van der Waals surface area contributed by atoms with Crippen LogP contribution in [-0.2, 0) is 0 Å². The van der Waals surface area contributed by atoms with Crippen LogP contribution in [0, 0.1) is 0 Å². The maximum absolute atomic E-state index is 10.3. The van der Waals surface area contributed by atoms with Crippen molar-refractivity contribution in [3.8, 4) is 0 Å². The molecule has 0 N–H and O–H groups in total. The molecule has 0 fully saturated rings. The van der Waals surface area contributed by atoms with Crippen LogP contribution in [0.5, 0.6) is 0 Å². The zero-order valence-corrected chi connectivity index (χ0v) is 13.8. The zero-order valence-electron chi connectivity index (χ0n) is 11.8. The van der Waals surface area contributed by atoms with Gasteiger partial charge in [0, 0.05) is 5.39 Å². The standard InChI is InChI=1S/C8H6O4.C8H6O.Na/c9-7(10)5-2-1-3-6(4-5)8(11)12;1-2-4-8-7(3-1)5-6-9-8;/h1-4H,(H,9,10)(H,11,12);1-6H;/q;;+1/p-2. The Bertz CT molecular complexity index is 719. The van der Waals surface area contributed by atoms with Crippen molar-refractivity contribution in [3.05, 3.63) is 72.0 Å². The summed E-state index contributed by atoms with van der Waals surface area (Å²) < 4.78 is 5.12. The largest absolute Gasteiger partial charge is 1.00 e. The van der Waals surface area contributed by atoms with Crippen molar-refractivity contribution >= 4 is 22.9 Å². The van der Waals surface area contributed by atoms with Gasteiger partial charge in [-0.05, 0) is 29.3 Å². The summed E-state index contributed by atoms with van der Waals surface area (Å²) in [5.41, 5.74) is 0.617. The normalized spacial score (nSPS) is 9.27. The second-order valence-electron chi connectivity index (χ2n) is 4.11. The molecule has 0 atom stereocenters. The quantitative estimate of drug-likeness (QED) is 0.503. The minimum absolute atomic E-state index is 0. The molecule has 5 nitrogen and oxygen atoms in total. The smallest absolute Gasteiger partial charge is 0.545 e. The molecule has 0 saturated carbocycles. The first-order chi connectivity index (χ1) is 10.1. The number of hydrogen-bond donors (Lipinski definition) is 0. The summed E-state index contributed by atoms with van der Waals surface area (Å²) in [6, 6.07) is 14.7. The van der Waals surface area contributed by atoms with E-state index in [4.69, 9.17) is 4.42 Å². The maximum Gasteiger partial charge on any atom is 1.00 e. The van der Waals surface area contributed by atoms with Gasteiger partial charge in [-0.2, -0.15) is 0 Å². The topological polar surface area (TPSA) is 93.4 Å². The summed E-state index contributed by atoms with van der Waals surface area (Å²) in [4.78, 5) is 20.5. The molecule has 22 heavy (non-hydrogen) atoms. The molecule has 1 heterocycles. The molecule has 3 rings (SSSR count). The third-order valence-electron chi connectivity index (χ3n) is 2.70. The van der Waals surface area contributed by atoms with Gasteiger partial charge in [0.05, 0.1) is 18.2 Å². The summed E-state index contributed by atoms with van der Waals surface area (Å²) in [6.45, 7) is 0. The van der Waals surface area contributed by atoms with Crippen LogP contribution in [0.1, 0.15) is 20.7 Å². The van der Waals surface area contributed by atoms with Gasteiger partial charge in [0.15, 0.2) is 0 Å². The van der Waals surface area contributed by atoms with E-state index in [1.54, 1.807) is 6.26 Å². The molecule has 0 spiro atoms. The van der Waals surface area contributed by atoms with Crippen molar-refractivity contribution in [3.63, 3.8) is 0 Å². The molecule has 0 radical (unpaired) electrons. The summed E-state index contributed by atoms with van der Waals surface area (Å²) in [7, 11) is 0. The molecule has 0 unspecified atom stereocenters. The van der Waals surface area contributed by atoms with Crippen molar-refractivity contribution in [1.29, 1.82) is 0 Å². The minimum Gasteiger partial charge on any atom is -0.545 e. The summed E-state index contributed by atoms with van der Waals surface area (Å²) in [6.07, 6.45) is 1.70. The van der Waals surface area contributed by atoms with E-state index in [1.807, 2.05) is 30.3 Å². The van der Waals surface area contributed by atoms with Gasteiger partial charge in [-0.1, -0.05) is 36.4 Å². The molecule has 1 aromatic heterocycles. The number of carboxylic acid groups (broad SMARTS) is 2. The number of carboxylic acids is 2. The molecule has 0 bridgehead atoms. The number of benzene rings is 2. The van der Waals surface area contributed by atoms with E-state index < -0.39 is 11.9 Å². The van der Waals surface area contributed by atoms with Crippen LogP contribution in [0.4, 0.5) is 0 Å². The van der Waals surface area contributed by atoms with E-state index in [1.165, 1.54) is 18.2 Å². The monoisotopic (exact) mass is 305 g/mol. The fourth-order valence-electron chi connectivity index (χ4n) is 1.68. The molecule has 3 aromatic rings. The van der Waals surface area contributed by atoms with E-state index >= 15 is 0 Å². The molecule has 0 saturated heterocycles. The Balaban J connectivity index is 0.000000217. The summed E-state index contributed by atoms with van der Waals surface area (Å²) in [5, 5.41) is 21.7. The molecule has 2 aromatic carbocycles. The average Bonchev–Trinajstić information content (AvgIpc) is 2.96.